The molecule has 1 fully saturated rings. The Balaban J connectivity index is 1.67. The molecule has 1 aliphatic rings. The van der Waals surface area contributed by atoms with Crippen molar-refractivity contribution >= 4 is 5.91 Å². The third-order valence-electron chi connectivity index (χ3n) is 4.73. The van der Waals surface area contributed by atoms with E-state index in [-0.39, 0.29) is 5.91 Å². The van der Waals surface area contributed by atoms with E-state index < -0.39 is 0 Å². The summed E-state index contributed by atoms with van der Waals surface area (Å²) in [4.78, 5) is 21.5. The second kappa shape index (κ2) is 10.0. The lowest BCUT2D eigenvalue weighted by molar-refractivity contribution is 0.0355. The number of carbonyl (C=O) groups excluding carboxylic acids is 1. The van der Waals surface area contributed by atoms with Crippen molar-refractivity contribution in [3.05, 3.63) is 59.9 Å². The van der Waals surface area contributed by atoms with E-state index in [0.29, 0.717) is 24.4 Å². The summed E-state index contributed by atoms with van der Waals surface area (Å²) in [6, 6.07) is 11.2. The smallest absolute Gasteiger partial charge is 0.254 e. The second-order valence-electron chi connectivity index (χ2n) is 6.62. The van der Waals surface area contributed by atoms with Crippen LogP contribution in [0.25, 0.3) is 0 Å². The summed E-state index contributed by atoms with van der Waals surface area (Å²) < 4.78 is 10.7. The molecule has 144 valence electrons. The van der Waals surface area contributed by atoms with Crippen LogP contribution in [0.15, 0.2) is 48.8 Å². The van der Waals surface area contributed by atoms with Crippen LogP contribution in [0.2, 0.25) is 0 Å². The standard InChI is InChI=1S/C21H27N3O3/c1-26-20-5-2-4-19(16-20)21(25)24(17-18-6-8-22-9-7-18)11-3-10-23-12-14-27-15-13-23/h2,4-9,16H,3,10-15,17H2,1H3. The van der Waals surface area contributed by atoms with Crippen LogP contribution < -0.4 is 4.74 Å². The highest BCUT2D eigenvalue weighted by atomic mass is 16.5. The number of hydrogen-bond acceptors (Lipinski definition) is 5. The first-order valence-electron chi connectivity index (χ1n) is 9.38. The first-order chi connectivity index (χ1) is 13.3. The molecule has 0 unspecified atom stereocenters. The number of carbonyl (C=O) groups is 1. The molecule has 1 aromatic carbocycles. The Morgan fingerprint density at radius 2 is 2.00 bits per heavy atom. The van der Waals surface area contributed by atoms with E-state index in [1.807, 2.05) is 35.2 Å². The molecule has 1 aliphatic heterocycles. The van der Waals surface area contributed by atoms with E-state index in [2.05, 4.69) is 9.88 Å². The topological polar surface area (TPSA) is 54.9 Å². The molecule has 27 heavy (non-hydrogen) atoms. The van der Waals surface area contributed by atoms with Gasteiger partial charge in [0.15, 0.2) is 0 Å². The van der Waals surface area contributed by atoms with E-state index in [1.54, 1.807) is 25.6 Å². The van der Waals surface area contributed by atoms with E-state index >= 15 is 0 Å². The molecule has 1 aromatic heterocycles. The zero-order chi connectivity index (χ0) is 18.9. The van der Waals surface area contributed by atoms with Gasteiger partial charge in [-0.25, -0.2) is 0 Å². The van der Waals surface area contributed by atoms with Crippen LogP contribution >= 0.6 is 0 Å². The molecule has 0 bridgehead atoms. The summed E-state index contributed by atoms with van der Waals surface area (Å²) in [5.41, 5.74) is 1.72. The quantitative estimate of drug-likeness (QED) is 0.715. The zero-order valence-corrected chi connectivity index (χ0v) is 15.8. The lowest BCUT2D eigenvalue weighted by Gasteiger charge is -2.28. The van der Waals surface area contributed by atoms with Crippen LogP contribution in [-0.4, -0.2) is 67.2 Å². The maximum atomic E-state index is 13.1. The van der Waals surface area contributed by atoms with Crippen LogP contribution in [0, 0.1) is 0 Å². The molecule has 6 nitrogen and oxygen atoms in total. The Morgan fingerprint density at radius 1 is 1.22 bits per heavy atom. The highest BCUT2D eigenvalue weighted by molar-refractivity contribution is 5.94. The highest BCUT2D eigenvalue weighted by Crippen LogP contribution is 2.16. The molecule has 1 amide bonds. The molecule has 3 rings (SSSR count). The Hall–Kier alpha value is -2.44. The van der Waals surface area contributed by atoms with Crippen molar-refractivity contribution in [1.82, 2.24) is 14.8 Å². The van der Waals surface area contributed by atoms with Gasteiger partial charge in [-0.2, -0.15) is 0 Å². The van der Waals surface area contributed by atoms with Crippen LogP contribution in [0.5, 0.6) is 5.75 Å². The maximum absolute atomic E-state index is 13.1. The van der Waals surface area contributed by atoms with Gasteiger partial charge in [0.25, 0.3) is 5.91 Å². The summed E-state index contributed by atoms with van der Waals surface area (Å²) in [5, 5.41) is 0. The summed E-state index contributed by atoms with van der Waals surface area (Å²) in [6.45, 7) is 5.77. The van der Waals surface area contributed by atoms with E-state index in [4.69, 9.17) is 9.47 Å². The number of rotatable bonds is 8. The fraction of sp³-hybridized carbons (Fsp3) is 0.429. The molecule has 0 radical (unpaired) electrons. The van der Waals surface area contributed by atoms with Crippen molar-refractivity contribution in [2.24, 2.45) is 0 Å². The highest BCUT2D eigenvalue weighted by Gasteiger charge is 2.18. The van der Waals surface area contributed by atoms with Crippen LogP contribution in [0.3, 0.4) is 0 Å². The molecule has 1 saturated heterocycles. The van der Waals surface area contributed by atoms with Gasteiger partial charge in [-0.1, -0.05) is 6.07 Å². The first kappa shape index (κ1) is 19.3. The fourth-order valence-electron chi connectivity index (χ4n) is 3.21. The maximum Gasteiger partial charge on any atom is 0.254 e. The summed E-state index contributed by atoms with van der Waals surface area (Å²) in [7, 11) is 1.61. The SMILES string of the molecule is COc1cccc(C(=O)N(CCCN2CCOCC2)Cc2ccncc2)c1. The molecule has 0 N–H and O–H groups in total. The Bertz CT molecular complexity index is 718. The number of pyridine rings is 1. The zero-order valence-electron chi connectivity index (χ0n) is 15.8. The Labute approximate surface area is 160 Å². The predicted octanol–water partition coefficient (Wildman–Crippen LogP) is 2.45. The van der Waals surface area contributed by atoms with Gasteiger partial charge < -0.3 is 14.4 Å². The third kappa shape index (κ3) is 5.77. The number of hydrogen-bond donors (Lipinski definition) is 0. The lowest BCUT2D eigenvalue weighted by atomic mass is 10.1. The van der Waals surface area contributed by atoms with Crippen molar-refractivity contribution < 1.29 is 14.3 Å². The second-order valence-corrected chi connectivity index (χ2v) is 6.62. The number of benzene rings is 1. The molecule has 2 heterocycles. The van der Waals surface area contributed by atoms with Crippen LogP contribution in [0.1, 0.15) is 22.3 Å². The van der Waals surface area contributed by atoms with Crippen molar-refractivity contribution in [2.45, 2.75) is 13.0 Å². The lowest BCUT2D eigenvalue weighted by Crippen LogP contribution is -2.39. The molecule has 0 saturated carbocycles. The minimum Gasteiger partial charge on any atom is -0.497 e. The Kier molecular flexibility index (Phi) is 7.19. The van der Waals surface area contributed by atoms with E-state index in [0.717, 1.165) is 44.8 Å². The molecule has 0 aliphatic carbocycles. The fourth-order valence-corrected chi connectivity index (χ4v) is 3.21. The number of methoxy groups -OCH3 is 1. The number of ether oxygens (including phenoxy) is 2. The van der Waals surface area contributed by atoms with Gasteiger partial charge >= 0.3 is 0 Å². The van der Waals surface area contributed by atoms with Gasteiger partial charge in [0.2, 0.25) is 0 Å². The van der Waals surface area contributed by atoms with Crippen molar-refractivity contribution in [3.63, 3.8) is 0 Å². The number of morpholine rings is 1. The number of amides is 1. The molecule has 2 aromatic rings. The Morgan fingerprint density at radius 3 is 2.74 bits per heavy atom. The average molecular weight is 369 g/mol. The summed E-state index contributed by atoms with van der Waals surface area (Å²) in [5.74, 6) is 0.714. The van der Waals surface area contributed by atoms with Crippen LogP contribution in [-0.2, 0) is 11.3 Å². The predicted molar refractivity (Wildman–Crippen MR) is 104 cm³/mol. The van der Waals surface area contributed by atoms with Gasteiger partial charge in [0, 0.05) is 50.7 Å². The van der Waals surface area contributed by atoms with Gasteiger partial charge in [-0.3, -0.25) is 14.7 Å². The van der Waals surface area contributed by atoms with Gasteiger partial charge in [-0.05, 0) is 42.3 Å². The number of nitrogens with zero attached hydrogens (tertiary/aromatic N) is 3. The van der Waals surface area contributed by atoms with Gasteiger partial charge in [-0.15, -0.1) is 0 Å². The van der Waals surface area contributed by atoms with Gasteiger partial charge in [0.05, 0.1) is 20.3 Å². The molecule has 0 atom stereocenters. The minimum absolute atomic E-state index is 0.0210. The van der Waals surface area contributed by atoms with E-state index in [9.17, 15) is 4.79 Å². The number of aromatic nitrogens is 1. The van der Waals surface area contributed by atoms with Gasteiger partial charge in [0.1, 0.15) is 5.75 Å². The summed E-state index contributed by atoms with van der Waals surface area (Å²) >= 11 is 0. The van der Waals surface area contributed by atoms with Crippen molar-refractivity contribution in [3.8, 4) is 5.75 Å². The molecule has 6 heteroatoms. The average Bonchev–Trinajstić information content (AvgIpc) is 2.74. The third-order valence-corrected chi connectivity index (χ3v) is 4.73. The van der Waals surface area contributed by atoms with E-state index in [1.165, 1.54) is 0 Å². The first-order valence-corrected chi connectivity index (χ1v) is 9.38. The molecule has 0 spiro atoms. The summed E-state index contributed by atoms with van der Waals surface area (Å²) in [6.07, 6.45) is 4.45. The van der Waals surface area contributed by atoms with Crippen molar-refractivity contribution in [1.29, 1.82) is 0 Å². The minimum atomic E-state index is 0.0210. The van der Waals surface area contributed by atoms with Crippen molar-refractivity contribution in [2.75, 3.05) is 46.5 Å². The molecular weight excluding hydrogens is 342 g/mol. The monoisotopic (exact) mass is 369 g/mol. The molecular formula is C21H27N3O3. The van der Waals surface area contributed by atoms with Crippen LogP contribution in [0.4, 0.5) is 0 Å². The normalized spacial score (nSPS) is 14.7. The largest absolute Gasteiger partial charge is 0.497 e.